The number of anilines is 2. The molecule has 3 aliphatic rings. The van der Waals surface area contributed by atoms with Gasteiger partial charge in [0.25, 0.3) is 5.91 Å². The quantitative estimate of drug-likeness (QED) is 0.449. The fraction of sp³-hybridized carbons (Fsp3) is 0.292. The largest absolute Gasteiger partial charge is 0.454 e. The average Bonchev–Trinajstić information content (AvgIpc) is 3.57. The number of carbonyl (C=O) groups is 2. The first-order chi connectivity index (χ1) is 17.0. The van der Waals surface area contributed by atoms with Crippen molar-refractivity contribution in [3.8, 4) is 11.5 Å². The Hall–Kier alpha value is -4.09. The Labute approximate surface area is 201 Å². The van der Waals surface area contributed by atoms with Crippen LogP contribution in [0.2, 0.25) is 0 Å². The first-order valence-electron chi connectivity index (χ1n) is 11.4. The number of hydrogen-bond acceptors (Lipinski definition) is 8. The highest BCUT2D eigenvalue weighted by atomic mass is 16.7. The number of ether oxygens (including phenoxy) is 2. The average molecular weight is 476 g/mol. The van der Waals surface area contributed by atoms with E-state index in [1.807, 2.05) is 43.1 Å². The summed E-state index contributed by atoms with van der Waals surface area (Å²) in [6, 6.07) is 14.9. The minimum Gasteiger partial charge on any atom is -0.454 e. The summed E-state index contributed by atoms with van der Waals surface area (Å²) < 4.78 is 12.3. The van der Waals surface area contributed by atoms with Crippen LogP contribution in [-0.4, -0.2) is 41.1 Å². The number of rotatable bonds is 4. The van der Waals surface area contributed by atoms with Crippen molar-refractivity contribution in [3.63, 3.8) is 0 Å². The van der Waals surface area contributed by atoms with Crippen molar-refractivity contribution in [2.45, 2.75) is 26.3 Å². The van der Waals surface area contributed by atoms with E-state index in [0.29, 0.717) is 35.1 Å². The number of hydrogen-bond donors (Lipinski definition) is 4. The van der Waals surface area contributed by atoms with Gasteiger partial charge in [0.1, 0.15) is 12.0 Å². The second-order valence-corrected chi connectivity index (χ2v) is 8.83. The molecule has 0 saturated carbocycles. The van der Waals surface area contributed by atoms with Crippen LogP contribution in [0.5, 0.6) is 11.5 Å². The van der Waals surface area contributed by atoms with Crippen LogP contribution in [0.3, 0.4) is 0 Å². The van der Waals surface area contributed by atoms with Gasteiger partial charge in [-0.2, -0.15) is 5.10 Å². The molecular weight excluding hydrogens is 450 g/mol. The van der Waals surface area contributed by atoms with Crippen molar-refractivity contribution >= 4 is 23.3 Å². The zero-order valence-corrected chi connectivity index (χ0v) is 19.2. The molecule has 0 aliphatic carbocycles. The molecule has 4 N–H and O–H groups in total. The summed E-state index contributed by atoms with van der Waals surface area (Å²) in [7, 11) is 0. The molecule has 2 aromatic carbocycles. The maximum absolute atomic E-state index is 13.0. The second kappa shape index (κ2) is 8.29. The van der Waals surface area contributed by atoms with E-state index in [2.05, 4.69) is 26.5 Å². The highest BCUT2D eigenvalue weighted by Gasteiger charge is 2.45. The van der Waals surface area contributed by atoms with Crippen molar-refractivity contribution in [3.05, 3.63) is 65.4 Å². The van der Waals surface area contributed by atoms with Gasteiger partial charge in [0.05, 0.1) is 17.3 Å². The molecule has 11 heteroatoms. The van der Waals surface area contributed by atoms with Crippen molar-refractivity contribution in [1.82, 2.24) is 25.8 Å². The van der Waals surface area contributed by atoms with Gasteiger partial charge in [-0.25, -0.2) is 10.1 Å². The highest BCUT2D eigenvalue weighted by Crippen LogP contribution is 2.33. The van der Waals surface area contributed by atoms with Crippen LogP contribution in [0.1, 0.15) is 27.9 Å². The highest BCUT2D eigenvalue weighted by molar-refractivity contribution is 6.04. The second-order valence-electron chi connectivity index (χ2n) is 8.83. The van der Waals surface area contributed by atoms with Gasteiger partial charge in [0.2, 0.25) is 12.7 Å². The number of amides is 2. The van der Waals surface area contributed by atoms with Gasteiger partial charge in [-0.05, 0) is 44.2 Å². The lowest BCUT2D eigenvalue weighted by Crippen LogP contribution is -2.61. The minimum absolute atomic E-state index is 0.0953. The van der Waals surface area contributed by atoms with E-state index < -0.39 is 6.29 Å². The molecule has 2 saturated heterocycles. The summed E-state index contributed by atoms with van der Waals surface area (Å²) in [6.45, 7) is 4.51. The Balaban J connectivity index is 1.24. The number of hydrazine groups is 1. The van der Waals surface area contributed by atoms with E-state index in [0.717, 1.165) is 11.3 Å². The molecule has 11 nitrogen and oxygen atoms in total. The summed E-state index contributed by atoms with van der Waals surface area (Å²) in [5.74, 6) is 0.884. The SMILES string of the molecule is Cc1ccc(N2NCC3C(=O)NC(n4nc(C)cc4NC(=O)c4ccc5c(c4)OCO5)NC32)cc1. The van der Waals surface area contributed by atoms with Gasteiger partial charge < -0.3 is 20.1 Å². The van der Waals surface area contributed by atoms with Crippen molar-refractivity contribution in [2.24, 2.45) is 5.92 Å². The molecule has 3 aliphatic heterocycles. The molecule has 0 spiro atoms. The van der Waals surface area contributed by atoms with E-state index in [4.69, 9.17) is 9.47 Å². The lowest BCUT2D eigenvalue weighted by Gasteiger charge is -2.37. The predicted octanol–water partition coefficient (Wildman–Crippen LogP) is 1.62. The van der Waals surface area contributed by atoms with Crippen molar-refractivity contribution < 1.29 is 19.1 Å². The lowest BCUT2D eigenvalue weighted by molar-refractivity contribution is -0.129. The number of fused-ring (bicyclic) bond motifs is 2. The van der Waals surface area contributed by atoms with Crippen LogP contribution >= 0.6 is 0 Å². The molecule has 0 bridgehead atoms. The fourth-order valence-electron chi connectivity index (χ4n) is 4.58. The molecular formula is C24H25N7O4. The molecule has 2 amide bonds. The van der Waals surface area contributed by atoms with E-state index in [-0.39, 0.29) is 30.7 Å². The number of aryl methyl sites for hydroxylation is 2. The molecule has 3 atom stereocenters. The van der Waals surface area contributed by atoms with Gasteiger partial charge in [0.15, 0.2) is 17.8 Å². The third-order valence-corrected chi connectivity index (χ3v) is 6.38. The predicted molar refractivity (Wildman–Crippen MR) is 127 cm³/mol. The molecule has 3 aromatic rings. The standard InChI is InChI=1S/C24H25N7O4/c1-13-3-6-16(7-4-13)30-21-17(11-25-30)23(33)28-24(27-21)31-20(9-14(2)29-31)26-22(32)15-5-8-18-19(10-15)35-12-34-18/h3-10,17,21,24-25,27H,11-12H2,1-2H3,(H,26,32)(H,28,33). The van der Waals surface area contributed by atoms with Gasteiger partial charge in [-0.15, -0.1) is 0 Å². The number of aromatic nitrogens is 2. The number of carbonyl (C=O) groups excluding carboxylic acids is 2. The number of nitrogens with one attached hydrogen (secondary N) is 4. The third kappa shape index (κ3) is 3.84. The molecule has 0 radical (unpaired) electrons. The summed E-state index contributed by atoms with van der Waals surface area (Å²) in [5.41, 5.74) is 6.55. The number of benzene rings is 2. The van der Waals surface area contributed by atoms with Crippen LogP contribution in [0.15, 0.2) is 48.5 Å². The van der Waals surface area contributed by atoms with Crippen LogP contribution in [0, 0.1) is 19.8 Å². The molecule has 2 fully saturated rings. The van der Waals surface area contributed by atoms with Crippen LogP contribution in [0.4, 0.5) is 11.5 Å². The van der Waals surface area contributed by atoms with Crippen LogP contribution in [0.25, 0.3) is 0 Å². The zero-order chi connectivity index (χ0) is 24.1. The van der Waals surface area contributed by atoms with E-state index in [1.54, 1.807) is 28.9 Å². The van der Waals surface area contributed by atoms with Gasteiger partial charge in [0, 0.05) is 18.2 Å². The van der Waals surface area contributed by atoms with E-state index >= 15 is 0 Å². The zero-order valence-electron chi connectivity index (χ0n) is 19.2. The molecule has 1 aromatic heterocycles. The lowest BCUT2D eigenvalue weighted by atomic mass is 10.0. The maximum Gasteiger partial charge on any atom is 0.256 e. The first kappa shape index (κ1) is 21.4. The fourth-order valence-corrected chi connectivity index (χ4v) is 4.58. The molecule has 6 rings (SSSR count). The van der Waals surface area contributed by atoms with Gasteiger partial charge in [-0.1, -0.05) is 17.7 Å². The summed E-state index contributed by atoms with van der Waals surface area (Å²) in [4.78, 5) is 26.0. The van der Waals surface area contributed by atoms with Crippen molar-refractivity contribution in [2.75, 3.05) is 23.7 Å². The number of nitrogens with zero attached hydrogens (tertiary/aromatic N) is 3. The molecule has 3 unspecified atom stereocenters. The van der Waals surface area contributed by atoms with Crippen LogP contribution < -0.4 is 35.9 Å². The van der Waals surface area contributed by atoms with E-state index in [9.17, 15) is 9.59 Å². The Morgan fingerprint density at radius 2 is 1.89 bits per heavy atom. The third-order valence-electron chi connectivity index (χ3n) is 6.38. The minimum atomic E-state index is -0.655. The maximum atomic E-state index is 13.0. The van der Waals surface area contributed by atoms with E-state index in [1.165, 1.54) is 0 Å². The van der Waals surface area contributed by atoms with Gasteiger partial charge >= 0.3 is 0 Å². The Kier molecular flexibility index (Phi) is 5.08. The van der Waals surface area contributed by atoms with Crippen molar-refractivity contribution in [1.29, 1.82) is 0 Å². The summed E-state index contributed by atoms with van der Waals surface area (Å²) >= 11 is 0. The van der Waals surface area contributed by atoms with Gasteiger partial charge in [-0.3, -0.25) is 19.9 Å². The van der Waals surface area contributed by atoms with Crippen LogP contribution in [-0.2, 0) is 4.79 Å². The summed E-state index contributed by atoms with van der Waals surface area (Å²) in [6.07, 6.45) is -0.948. The molecule has 4 heterocycles. The normalized spacial score (nSPS) is 22.6. The topological polar surface area (TPSA) is 122 Å². The molecule has 180 valence electrons. The summed E-state index contributed by atoms with van der Waals surface area (Å²) in [5, 5.41) is 15.9. The Morgan fingerprint density at radius 3 is 2.71 bits per heavy atom. The molecule has 35 heavy (non-hydrogen) atoms. The smallest absolute Gasteiger partial charge is 0.256 e. The Morgan fingerprint density at radius 1 is 1.09 bits per heavy atom. The first-order valence-corrected chi connectivity index (χ1v) is 11.4. The Bertz CT molecular complexity index is 1310. The monoisotopic (exact) mass is 475 g/mol.